The molecule has 0 saturated heterocycles. The second kappa shape index (κ2) is 11.8. The summed E-state index contributed by atoms with van der Waals surface area (Å²) in [5, 5.41) is 19.3. The Kier molecular flexibility index (Phi) is 8.47. The van der Waals surface area contributed by atoms with Gasteiger partial charge < -0.3 is 28.8 Å². The molecule has 0 amide bonds. The summed E-state index contributed by atoms with van der Waals surface area (Å²) in [6.45, 7) is -0.888. The molecular weight excluding hydrogens is 518 g/mol. The molecule has 4 rings (SSSR count). The molecule has 2 aromatic carbocycles. The normalized spacial score (nSPS) is 17.7. The highest BCUT2D eigenvalue weighted by Crippen LogP contribution is 2.31. The molecule has 0 radical (unpaired) electrons. The number of benzene rings is 2. The van der Waals surface area contributed by atoms with Crippen molar-refractivity contribution in [3.05, 3.63) is 82.4 Å². The fraction of sp³-hybridized carbons (Fsp3) is 0.308. The first kappa shape index (κ1) is 27.3. The van der Waals surface area contributed by atoms with Gasteiger partial charge in [-0.2, -0.15) is 4.31 Å². The van der Waals surface area contributed by atoms with Crippen LogP contribution in [0.2, 0.25) is 0 Å². The summed E-state index contributed by atoms with van der Waals surface area (Å²) in [6.07, 6.45) is 1.67. The summed E-state index contributed by atoms with van der Waals surface area (Å²) >= 11 is 0. The van der Waals surface area contributed by atoms with E-state index in [0.717, 1.165) is 4.31 Å². The number of para-hydroxylation sites is 1. The average molecular weight is 546 g/mol. The average Bonchev–Trinajstić information content (AvgIpc) is 2.92. The van der Waals surface area contributed by atoms with Crippen molar-refractivity contribution in [2.24, 2.45) is 0 Å². The third-order valence-corrected chi connectivity index (χ3v) is 7.98. The lowest BCUT2D eigenvalue weighted by atomic mass is 9.93. The van der Waals surface area contributed by atoms with E-state index in [9.17, 15) is 28.2 Å². The van der Waals surface area contributed by atoms with E-state index < -0.39 is 40.6 Å². The summed E-state index contributed by atoms with van der Waals surface area (Å²) in [5.41, 5.74) is 0.368. The van der Waals surface area contributed by atoms with E-state index in [0.29, 0.717) is 16.7 Å². The third kappa shape index (κ3) is 5.89. The minimum atomic E-state index is -3.96. The fourth-order valence-corrected chi connectivity index (χ4v) is 5.54. The second-order valence-corrected chi connectivity index (χ2v) is 10.4. The molecule has 38 heavy (non-hydrogen) atoms. The number of fused-ring (bicyclic) bond motifs is 1. The highest BCUT2D eigenvalue weighted by Gasteiger charge is 2.31. The highest BCUT2D eigenvalue weighted by atomic mass is 32.2. The van der Waals surface area contributed by atoms with Gasteiger partial charge in [-0.1, -0.05) is 12.1 Å². The maximum Gasteiger partial charge on any atom is 0.370 e. The molecule has 0 spiro atoms. The van der Waals surface area contributed by atoms with Crippen LogP contribution in [0.5, 0.6) is 5.75 Å². The predicted octanol–water partition coefficient (Wildman–Crippen LogP) is 2.30. The van der Waals surface area contributed by atoms with Crippen LogP contribution in [0, 0.1) is 0 Å². The van der Waals surface area contributed by atoms with Crippen molar-refractivity contribution in [1.82, 2.24) is 4.31 Å². The van der Waals surface area contributed by atoms with Crippen LogP contribution in [0.1, 0.15) is 17.9 Å². The summed E-state index contributed by atoms with van der Waals surface area (Å²) < 4.78 is 49.0. The zero-order valence-electron chi connectivity index (χ0n) is 20.5. The Morgan fingerprint density at radius 1 is 1.13 bits per heavy atom. The first-order valence-corrected chi connectivity index (χ1v) is 13.2. The molecule has 2 N–H and O–H groups in total. The topological polar surface area (TPSA) is 153 Å². The molecule has 12 heteroatoms. The minimum Gasteiger partial charge on any atom is -0.497 e. The summed E-state index contributed by atoms with van der Waals surface area (Å²) in [5.74, 6) is -1.90. The van der Waals surface area contributed by atoms with Gasteiger partial charge in [0.15, 0.2) is 5.43 Å². The Morgan fingerprint density at radius 3 is 2.55 bits per heavy atom. The molecule has 1 aliphatic heterocycles. The van der Waals surface area contributed by atoms with E-state index in [-0.39, 0.29) is 42.0 Å². The Labute approximate surface area is 218 Å². The number of ether oxygens (including phenoxy) is 3. The number of aliphatic hydroxyl groups excluding tert-OH is 1. The molecule has 0 saturated carbocycles. The molecule has 11 nitrogen and oxygen atoms in total. The number of carbonyl (C=O) groups is 1. The van der Waals surface area contributed by atoms with E-state index >= 15 is 0 Å². The van der Waals surface area contributed by atoms with E-state index in [4.69, 9.17) is 18.6 Å². The van der Waals surface area contributed by atoms with E-state index in [2.05, 4.69) is 0 Å². The number of carboxylic acids is 1. The third-order valence-electron chi connectivity index (χ3n) is 6.07. The first-order chi connectivity index (χ1) is 18.2. The lowest BCUT2D eigenvalue weighted by molar-refractivity contribution is -0.157. The van der Waals surface area contributed by atoms with Crippen LogP contribution >= 0.6 is 0 Å². The Balaban J connectivity index is 1.49. The fourth-order valence-electron chi connectivity index (χ4n) is 4.12. The number of nitrogens with zero attached hydrogens (tertiary/aromatic N) is 1. The Bertz CT molecular complexity index is 1480. The van der Waals surface area contributed by atoms with Crippen molar-refractivity contribution in [3.63, 3.8) is 0 Å². The van der Waals surface area contributed by atoms with Crippen molar-refractivity contribution in [2.75, 3.05) is 33.4 Å². The van der Waals surface area contributed by atoms with Crippen molar-refractivity contribution in [3.8, 4) is 5.75 Å². The van der Waals surface area contributed by atoms with Crippen molar-refractivity contribution in [1.29, 1.82) is 0 Å². The number of carboxylic acid groups (broad SMARTS) is 1. The van der Waals surface area contributed by atoms with Crippen LogP contribution in [-0.2, 0) is 24.3 Å². The van der Waals surface area contributed by atoms with Gasteiger partial charge in [-0.3, -0.25) is 4.79 Å². The van der Waals surface area contributed by atoms with Crippen molar-refractivity contribution >= 4 is 27.0 Å². The van der Waals surface area contributed by atoms with Crippen molar-refractivity contribution < 1.29 is 42.1 Å². The van der Waals surface area contributed by atoms with Gasteiger partial charge in [-0.15, -0.1) is 0 Å². The number of sulfonamides is 1. The van der Waals surface area contributed by atoms with Crippen LogP contribution < -0.4 is 10.2 Å². The van der Waals surface area contributed by atoms with E-state index in [1.165, 1.54) is 43.7 Å². The highest BCUT2D eigenvalue weighted by molar-refractivity contribution is 7.89. The molecular formula is C26H27NO10S. The number of rotatable bonds is 11. The molecule has 3 aromatic rings. The van der Waals surface area contributed by atoms with Gasteiger partial charge in [0.1, 0.15) is 11.3 Å². The first-order valence-electron chi connectivity index (χ1n) is 11.7. The van der Waals surface area contributed by atoms with E-state index in [1.807, 2.05) is 0 Å². The van der Waals surface area contributed by atoms with Crippen molar-refractivity contribution in [2.45, 2.75) is 23.5 Å². The Morgan fingerprint density at radius 2 is 1.87 bits per heavy atom. The predicted molar refractivity (Wildman–Crippen MR) is 135 cm³/mol. The van der Waals surface area contributed by atoms with Gasteiger partial charge in [0, 0.05) is 31.0 Å². The summed E-state index contributed by atoms with van der Waals surface area (Å²) in [4.78, 5) is 24.8. The molecule has 0 unspecified atom stereocenters. The minimum absolute atomic E-state index is 0.0138. The lowest BCUT2D eigenvalue weighted by Crippen LogP contribution is -2.37. The van der Waals surface area contributed by atoms with Crippen LogP contribution in [0.15, 0.2) is 80.7 Å². The van der Waals surface area contributed by atoms with Gasteiger partial charge in [0.2, 0.25) is 22.1 Å². The van der Waals surface area contributed by atoms with Crippen LogP contribution in [0.3, 0.4) is 0 Å². The molecule has 0 aliphatic carbocycles. The van der Waals surface area contributed by atoms with Gasteiger partial charge in [0.05, 0.1) is 36.9 Å². The maximum atomic E-state index is 13.1. The van der Waals surface area contributed by atoms with Gasteiger partial charge in [-0.05, 0) is 42.5 Å². The van der Waals surface area contributed by atoms with Crippen LogP contribution in [0.25, 0.3) is 11.0 Å². The molecule has 0 bridgehead atoms. The zero-order chi connectivity index (χ0) is 27.3. The van der Waals surface area contributed by atoms with Crippen LogP contribution in [-0.4, -0.2) is 68.6 Å². The number of aliphatic hydroxyl groups is 1. The number of aliphatic carboxylic acids is 1. The number of hydrogen-bond donors (Lipinski definition) is 2. The molecule has 202 valence electrons. The maximum absolute atomic E-state index is 13.1. The van der Waals surface area contributed by atoms with Gasteiger partial charge in [-0.25, -0.2) is 13.2 Å². The van der Waals surface area contributed by atoms with Gasteiger partial charge in [0.25, 0.3) is 0 Å². The van der Waals surface area contributed by atoms with E-state index in [1.54, 1.807) is 24.3 Å². The van der Waals surface area contributed by atoms with Gasteiger partial charge >= 0.3 is 5.97 Å². The second-order valence-electron chi connectivity index (χ2n) is 8.42. The zero-order valence-corrected chi connectivity index (χ0v) is 21.3. The molecule has 0 fully saturated rings. The molecule has 1 aliphatic rings. The molecule has 1 aromatic heterocycles. The smallest absolute Gasteiger partial charge is 0.370 e. The number of methoxy groups -OCH3 is 1. The monoisotopic (exact) mass is 545 g/mol. The summed E-state index contributed by atoms with van der Waals surface area (Å²) in [6, 6.07) is 12.5. The number of allylic oxidation sites excluding steroid dienone is 1. The SMILES string of the molecule is COc1ccc(S(=O)(=O)N(CCO)CCO[C@H]2C[C@@H](c3coc4ccccc4c3=O)C=C(C(=O)O)O2)cc1. The van der Waals surface area contributed by atoms with Crippen LogP contribution in [0.4, 0.5) is 0 Å². The Hall–Kier alpha value is -3.71. The standard InChI is InChI=1S/C26H27NO10S/c1-34-18-6-8-19(9-7-18)38(32,33)27(10-12-28)11-13-35-24-15-17(14-23(37-24)26(30)31)21-16-36-22-5-3-2-4-20(22)25(21)29/h2-9,14,16-17,24,28H,10-13,15H2,1H3,(H,30,31)/t17-,24+/m0/s1. The largest absolute Gasteiger partial charge is 0.497 e. The number of hydrogen-bond acceptors (Lipinski definition) is 9. The summed E-state index contributed by atoms with van der Waals surface area (Å²) in [7, 11) is -2.49. The molecule has 2 heterocycles. The lowest BCUT2D eigenvalue weighted by Gasteiger charge is -2.29. The quantitative estimate of drug-likeness (QED) is 0.367. The molecule has 2 atom stereocenters.